The van der Waals surface area contributed by atoms with E-state index in [1.165, 1.54) is 5.56 Å². The molecule has 7 heterocycles. The number of hydrogen-bond acceptors (Lipinski definition) is 19. The van der Waals surface area contributed by atoms with Gasteiger partial charge in [-0.15, -0.1) is 0 Å². The van der Waals surface area contributed by atoms with Crippen molar-refractivity contribution in [2.75, 3.05) is 165 Å². The van der Waals surface area contributed by atoms with E-state index in [1.54, 1.807) is 11.8 Å². The number of amides is 1. The van der Waals surface area contributed by atoms with Crippen molar-refractivity contribution in [3.63, 3.8) is 0 Å². The molecule has 0 unspecified atom stereocenters. The van der Waals surface area contributed by atoms with Gasteiger partial charge in [-0.1, -0.05) is 66.2 Å². The van der Waals surface area contributed by atoms with Crippen molar-refractivity contribution in [1.29, 1.82) is 0 Å². The van der Waals surface area contributed by atoms with E-state index in [4.69, 9.17) is 76.8 Å². The number of carbonyl (C=O) groups excluding carboxylic acids is 2. The molecule has 103 heavy (non-hydrogen) atoms. The summed E-state index contributed by atoms with van der Waals surface area (Å²) in [5.74, 6) is 3.32. The molecule has 0 atom stereocenters. The van der Waals surface area contributed by atoms with E-state index in [9.17, 15) is 9.59 Å². The smallest absolute Gasteiger partial charge is 0.222 e. The van der Waals surface area contributed by atoms with Crippen LogP contribution in [0.4, 0.5) is 0 Å². The summed E-state index contributed by atoms with van der Waals surface area (Å²) in [5, 5.41) is 4.23. The van der Waals surface area contributed by atoms with Gasteiger partial charge in [0.2, 0.25) is 5.91 Å². The maximum Gasteiger partial charge on any atom is 0.222 e. The Morgan fingerprint density at radius 3 is 1.18 bits per heavy atom. The van der Waals surface area contributed by atoms with Gasteiger partial charge in [0, 0.05) is 100 Å². The molecule has 4 aromatic heterocycles. The average Bonchev–Trinajstić information content (AvgIpc) is 0.779. The zero-order chi connectivity index (χ0) is 70.8. The summed E-state index contributed by atoms with van der Waals surface area (Å²) in [5.41, 5.74) is 11.4. The third-order valence-corrected chi connectivity index (χ3v) is 16.9. The Morgan fingerprint density at radius 2 is 0.748 bits per heavy atom. The number of rotatable bonds is 26. The number of aryl methyl sites for hydroxylation is 2. The molecule has 0 N–H and O–H groups in total. The number of fused-ring (bicyclic) bond motifs is 5. The van der Waals surface area contributed by atoms with Crippen LogP contribution in [0.25, 0.3) is 77.4 Å². The summed E-state index contributed by atoms with van der Waals surface area (Å²) in [4.78, 5) is 48.0. The van der Waals surface area contributed by atoms with Gasteiger partial charge in [0.25, 0.3) is 0 Å². The minimum absolute atomic E-state index is 0. The third kappa shape index (κ3) is 26.3. The molecule has 20 nitrogen and oxygen atoms in total. The summed E-state index contributed by atoms with van der Waals surface area (Å²) in [7, 11) is 2.06. The fourth-order valence-corrected chi connectivity index (χ4v) is 11.1. The molecule has 3 aliphatic rings. The maximum atomic E-state index is 13.0. The first-order valence-corrected chi connectivity index (χ1v) is 35.4. The molecule has 13 rings (SSSR count). The largest absolute Gasteiger partial charge is 0.491 e. The van der Waals surface area contributed by atoms with Gasteiger partial charge in [0.1, 0.15) is 55.2 Å². The van der Waals surface area contributed by atoms with Crippen molar-refractivity contribution >= 4 is 55.3 Å². The van der Waals surface area contributed by atoms with Crippen LogP contribution in [0.1, 0.15) is 43.9 Å². The van der Waals surface area contributed by atoms with E-state index in [2.05, 4.69) is 60.5 Å². The number of aromatic nitrogens is 4. The van der Waals surface area contributed by atoms with E-state index in [1.807, 2.05) is 135 Å². The van der Waals surface area contributed by atoms with Crippen LogP contribution in [0.5, 0.6) is 23.0 Å². The summed E-state index contributed by atoms with van der Waals surface area (Å²) in [6.45, 7) is 17.8. The quantitative estimate of drug-likeness (QED) is 0.0281. The summed E-state index contributed by atoms with van der Waals surface area (Å²) >= 11 is 0. The molecule has 1 radical (unpaired) electrons. The molecular formula is C82H96CuN6O14. The van der Waals surface area contributed by atoms with Crippen LogP contribution in [-0.2, 0) is 64.6 Å². The van der Waals surface area contributed by atoms with Crippen molar-refractivity contribution in [3.8, 4) is 56.8 Å². The number of ketones is 1. The number of unbranched alkanes of at least 4 members (excludes halogenated alkanes) is 1. The van der Waals surface area contributed by atoms with E-state index < -0.39 is 0 Å². The monoisotopic (exact) mass is 1450 g/mol. The van der Waals surface area contributed by atoms with Crippen LogP contribution >= 0.6 is 0 Å². The van der Waals surface area contributed by atoms with E-state index in [0.717, 1.165) is 119 Å². The maximum absolute atomic E-state index is 13.0. The van der Waals surface area contributed by atoms with Crippen molar-refractivity contribution in [2.24, 2.45) is 0 Å². The Morgan fingerprint density at radius 1 is 0.398 bits per heavy atom. The second-order valence-electron chi connectivity index (χ2n) is 24.7. The number of carbonyl (C=O) groups is 2. The number of benzene rings is 6. The van der Waals surface area contributed by atoms with E-state index in [0.29, 0.717) is 171 Å². The number of pyridine rings is 4. The molecule has 3 aliphatic heterocycles. The van der Waals surface area contributed by atoms with Crippen molar-refractivity contribution in [2.45, 2.75) is 46.5 Å². The predicted octanol–water partition coefficient (Wildman–Crippen LogP) is 13.5. The Kier molecular flexibility index (Phi) is 33.2. The number of Topliss-reactive ketones (excluding diaryl/α,β-unsaturated/α-hetero) is 1. The van der Waals surface area contributed by atoms with Crippen LogP contribution in [0.2, 0.25) is 0 Å². The predicted molar refractivity (Wildman–Crippen MR) is 398 cm³/mol. The zero-order valence-corrected chi connectivity index (χ0v) is 60.6. The van der Waals surface area contributed by atoms with Gasteiger partial charge in [0.15, 0.2) is 0 Å². The Hall–Kier alpha value is -8.54. The van der Waals surface area contributed by atoms with E-state index >= 15 is 0 Å². The first-order chi connectivity index (χ1) is 50.1. The van der Waals surface area contributed by atoms with Gasteiger partial charge >= 0.3 is 0 Å². The fraction of sp³-hybridized carbons (Fsp3) is 0.390. The molecule has 0 saturated carbocycles. The molecule has 1 amide bonds. The molecule has 6 aromatic carbocycles. The standard InChI is InChI=1S/C45H55N3O8.C37H41N3O6.Cu/c1-34-8-17-40(18-9-34)55-32-30-53-28-26-51-24-22-48(43(50)7-5-4-6-36(3)49)23-25-52-27-29-54-31-33-56-41-19-14-37(15-20-41)42-21-16-39-13-12-38-11-10-35(2)46-44(38)45(39)47-42;1-40-16-18-41-20-22-43-24-26-45-32-10-4-28(5-11-32)34-14-8-30-2-3-31-9-15-35(39-37(31)36(30)38-34)29-6-12-33(13-7-29)46-27-25-44-23-21-42-19-17-40;/h8-21H,4-7,22-33H2,1-3H3;2-15H,16-27H2,1H3;. The summed E-state index contributed by atoms with van der Waals surface area (Å²) in [6, 6.07) is 56.7. The van der Waals surface area contributed by atoms with Gasteiger partial charge in [-0.2, -0.15) is 0 Å². The normalized spacial score (nSPS) is 13.7. The van der Waals surface area contributed by atoms with Gasteiger partial charge in [-0.3, -0.25) is 9.78 Å². The molecule has 21 heteroatoms. The van der Waals surface area contributed by atoms with Crippen LogP contribution < -0.4 is 18.9 Å². The second-order valence-corrected chi connectivity index (χ2v) is 24.7. The van der Waals surface area contributed by atoms with Crippen LogP contribution in [0.3, 0.4) is 0 Å². The summed E-state index contributed by atoms with van der Waals surface area (Å²) < 4.78 is 68.9. The average molecular weight is 1450 g/mol. The zero-order valence-electron chi connectivity index (χ0n) is 59.7. The Bertz CT molecular complexity index is 4050. The topological polar surface area (TPSA) is 203 Å². The van der Waals surface area contributed by atoms with Gasteiger partial charge in [0.05, 0.1) is 145 Å². The van der Waals surface area contributed by atoms with Gasteiger partial charge < -0.3 is 71.4 Å². The summed E-state index contributed by atoms with van der Waals surface area (Å²) in [6.07, 6.45) is 2.26. The molecule has 0 fully saturated rings. The number of likely N-dealkylation sites (N-methyl/N-ethyl adjacent to an activating group) is 1. The Balaban J connectivity index is 0.000000241. The van der Waals surface area contributed by atoms with Gasteiger partial charge in [-0.05, 0) is 150 Å². The molecule has 0 spiro atoms. The molecular weight excluding hydrogens is 1360 g/mol. The molecule has 8 bridgehead atoms. The van der Waals surface area contributed by atoms with Crippen molar-refractivity contribution in [1.82, 2.24) is 29.7 Å². The van der Waals surface area contributed by atoms with Gasteiger partial charge in [-0.25, -0.2) is 15.0 Å². The minimum Gasteiger partial charge on any atom is -0.491 e. The van der Waals surface area contributed by atoms with Crippen molar-refractivity contribution in [3.05, 3.63) is 181 Å². The molecule has 10 aromatic rings. The van der Waals surface area contributed by atoms with Crippen LogP contribution in [0.15, 0.2) is 170 Å². The van der Waals surface area contributed by atoms with Crippen LogP contribution in [0, 0.1) is 13.8 Å². The fourth-order valence-electron chi connectivity index (χ4n) is 11.1. The second kappa shape index (κ2) is 43.5. The SMILES string of the molecule is CC(=O)CCCCC(=O)N(CCOCCOCCOc1ccc(C)cc1)CCOCCOCCOc1ccc(-c2ccc3ccc4ccc(C)nc4c3n2)cc1.CN1CCOCCOCCOc2ccc(cc2)-c2ccc3ccc4ccc(nc4c3n2)-c2ccc(cc2)OCCOCCOCC1.[Cu]. The number of nitrogens with zero attached hydrogens (tertiary/aromatic N) is 6. The van der Waals surface area contributed by atoms with Crippen LogP contribution in [-0.4, -0.2) is 207 Å². The minimum atomic E-state index is 0. The molecule has 0 aliphatic carbocycles. The van der Waals surface area contributed by atoms with E-state index in [-0.39, 0.29) is 28.8 Å². The first kappa shape index (κ1) is 78.6. The Labute approximate surface area is 615 Å². The molecule has 0 saturated heterocycles. The molecule has 549 valence electrons. The first-order valence-electron chi connectivity index (χ1n) is 35.4. The number of ether oxygens (including phenoxy) is 12. The third-order valence-electron chi connectivity index (χ3n) is 16.9. The number of hydrogen-bond donors (Lipinski definition) is 0. The van der Waals surface area contributed by atoms with Crippen molar-refractivity contribution < 1.29 is 83.5 Å².